The number of aliphatic hydroxyl groups excluding tert-OH is 1. The molecular weight excluding hydrogens is 262 g/mol. The van der Waals surface area contributed by atoms with E-state index in [1.54, 1.807) is 24.1 Å². The summed E-state index contributed by atoms with van der Waals surface area (Å²) < 4.78 is 0. The van der Waals surface area contributed by atoms with Gasteiger partial charge in [0, 0.05) is 12.1 Å². The molecule has 0 aliphatic heterocycles. The maximum Gasteiger partial charge on any atom is 0.230 e. The van der Waals surface area contributed by atoms with Gasteiger partial charge in [-0.2, -0.15) is 0 Å². The maximum absolute atomic E-state index is 12.6. The minimum absolute atomic E-state index is 0.0267. The fourth-order valence-electron chi connectivity index (χ4n) is 2.04. The molecule has 0 spiro atoms. The minimum atomic E-state index is -0.212. The molecule has 0 heterocycles. The van der Waals surface area contributed by atoms with Crippen LogP contribution >= 0.6 is 11.6 Å². The van der Waals surface area contributed by atoms with Gasteiger partial charge in [0.25, 0.3) is 0 Å². The molecule has 1 N–H and O–H groups in total. The van der Waals surface area contributed by atoms with Crippen molar-refractivity contribution < 1.29 is 9.90 Å². The third-order valence-electron chi connectivity index (χ3n) is 3.43. The monoisotopic (exact) mass is 283 g/mol. The molecule has 19 heavy (non-hydrogen) atoms. The normalized spacial score (nSPS) is 14.3. The Morgan fingerprint density at radius 1 is 1.26 bits per heavy atom. The summed E-state index contributed by atoms with van der Waals surface area (Å²) in [5.41, 5.74) is 0.960. The minimum Gasteiger partial charge on any atom is -0.394 e. The highest BCUT2D eigenvalue weighted by atomic mass is 35.5. The molecule has 0 saturated heterocycles. The van der Waals surface area contributed by atoms with Crippen LogP contribution in [0.25, 0.3) is 0 Å². The molecule has 1 aromatic rings. The molecule has 0 fully saturated rings. The van der Waals surface area contributed by atoms with Crippen LogP contribution in [0.2, 0.25) is 5.02 Å². The van der Waals surface area contributed by atoms with Gasteiger partial charge in [-0.15, -0.1) is 0 Å². The van der Waals surface area contributed by atoms with E-state index in [0.29, 0.717) is 5.02 Å². The highest BCUT2D eigenvalue weighted by molar-refractivity contribution is 6.30. The molecule has 106 valence electrons. The third kappa shape index (κ3) is 3.95. The van der Waals surface area contributed by atoms with Crippen LogP contribution in [-0.4, -0.2) is 35.6 Å². The van der Waals surface area contributed by atoms with E-state index in [1.807, 2.05) is 32.9 Å². The molecule has 0 aliphatic rings. The summed E-state index contributed by atoms with van der Waals surface area (Å²) in [7, 11) is 1.73. The van der Waals surface area contributed by atoms with Gasteiger partial charge in [0.15, 0.2) is 0 Å². The number of carbonyl (C=O) groups excluding carboxylic acids is 1. The van der Waals surface area contributed by atoms with Crippen LogP contribution in [0.4, 0.5) is 0 Å². The first-order valence-corrected chi connectivity index (χ1v) is 6.89. The number of halogens is 1. The first-order valence-electron chi connectivity index (χ1n) is 6.51. The molecule has 4 heteroatoms. The third-order valence-corrected chi connectivity index (χ3v) is 3.69. The van der Waals surface area contributed by atoms with E-state index in [9.17, 15) is 9.90 Å². The molecule has 3 nitrogen and oxygen atoms in total. The lowest BCUT2D eigenvalue weighted by atomic mass is 9.87. The Morgan fingerprint density at radius 3 is 2.21 bits per heavy atom. The number of hydrogen-bond donors (Lipinski definition) is 1. The van der Waals surface area contributed by atoms with E-state index in [4.69, 9.17) is 11.6 Å². The van der Waals surface area contributed by atoms with Gasteiger partial charge in [0.05, 0.1) is 18.6 Å². The summed E-state index contributed by atoms with van der Waals surface area (Å²) >= 11 is 5.88. The predicted octanol–water partition coefficient (Wildman–Crippen LogP) is 2.92. The molecule has 0 bridgehead atoms. The summed E-state index contributed by atoms with van der Waals surface area (Å²) in [6.45, 7) is 5.84. The van der Waals surface area contributed by atoms with Crippen molar-refractivity contribution in [2.24, 2.45) is 5.92 Å². The van der Waals surface area contributed by atoms with Crippen LogP contribution in [0.5, 0.6) is 0 Å². The maximum atomic E-state index is 12.6. The fourth-order valence-corrected chi connectivity index (χ4v) is 2.17. The molecule has 2 atom stereocenters. The smallest absolute Gasteiger partial charge is 0.230 e. The molecule has 1 aromatic carbocycles. The molecule has 1 amide bonds. The molecule has 0 aromatic heterocycles. The fraction of sp³-hybridized carbons (Fsp3) is 0.533. The Balaban J connectivity index is 3.01. The van der Waals surface area contributed by atoms with Gasteiger partial charge >= 0.3 is 0 Å². The Bertz CT molecular complexity index is 417. The lowest BCUT2D eigenvalue weighted by Gasteiger charge is -2.30. The van der Waals surface area contributed by atoms with Gasteiger partial charge in [0.1, 0.15) is 0 Å². The molecule has 1 rings (SSSR count). The predicted molar refractivity (Wildman–Crippen MR) is 78.3 cm³/mol. The van der Waals surface area contributed by atoms with Crippen molar-refractivity contribution in [2.45, 2.75) is 32.7 Å². The summed E-state index contributed by atoms with van der Waals surface area (Å²) in [5.74, 6) is -0.00263. The Hall–Kier alpha value is -1.06. The zero-order valence-electron chi connectivity index (χ0n) is 11.9. The number of carbonyl (C=O) groups is 1. The van der Waals surface area contributed by atoms with Crippen LogP contribution in [0.1, 0.15) is 32.3 Å². The number of aliphatic hydroxyl groups is 1. The first-order chi connectivity index (χ1) is 8.88. The van der Waals surface area contributed by atoms with Gasteiger partial charge in [0.2, 0.25) is 5.91 Å². The molecule has 0 saturated carbocycles. The number of amides is 1. The van der Waals surface area contributed by atoms with Crippen LogP contribution in [0, 0.1) is 5.92 Å². The van der Waals surface area contributed by atoms with E-state index in [0.717, 1.165) is 5.56 Å². The molecule has 0 aliphatic carbocycles. The molecule has 0 radical (unpaired) electrons. The SMILES string of the molecule is CC(C)C(C(=O)N(C)C(C)CO)c1ccc(Cl)cc1. The zero-order chi connectivity index (χ0) is 14.6. The first kappa shape index (κ1) is 16.0. The Labute approximate surface area is 120 Å². The van der Waals surface area contributed by atoms with Crippen LogP contribution < -0.4 is 0 Å². The van der Waals surface area contributed by atoms with E-state index in [-0.39, 0.29) is 30.4 Å². The van der Waals surface area contributed by atoms with Gasteiger partial charge in [-0.25, -0.2) is 0 Å². The summed E-state index contributed by atoms with van der Waals surface area (Å²) in [4.78, 5) is 14.2. The quantitative estimate of drug-likeness (QED) is 0.903. The van der Waals surface area contributed by atoms with E-state index >= 15 is 0 Å². The number of nitrogens with zero attached hydrogens (tertiary/aromatic N) is 1. The average Bonchev–Trinajstić information content (AvgIpc) is 2.38. The van der Waals surface area contributed by atoms with Crippen LogP contribution in [0.3, 0.4) is 0 Å². The largest absolute Gasteiger partial charge is 0.394 e. The average molecular weight is 284 g/mol. The van der Waals surface area contributed by atoms with Crippen LogP contribution in [0.15, 0.2) is 24.3 Å². The standard InChI is InChI=1S/C15H22ClNO2/c1-10(2)14(12-5-7-13(16)8-6-12)15(19)17(4)11(3)9-18/h5-8,10-11,14,18H,9H2,1-4H3. The summed E-state index contributed by atoms with van der Waals surface area (Å²) in [6, 6.07) is 7.20. The van der Waals surface area contributed by atoms with Gasteiger partial charge in [-0.3, -0.25) is 4.79 Å². The van der Waals surface area contributed by atoms with Crippen molar-refractivity contribution in [3.05, 3.63) is 34.9 Å². The second-order valence-electron chi connectivity index (χ2n) is 5.25. The highest BCUT2D eigenvalue weighted by Gasteiger charge is 2.28. The van der Waals surface area contributed by atoms with Gasteiger partial charge in [-0.05, 0) is 30.5 Å². The number of benzene rings is 1. The van der Waals surface area contributed by atoms with Crippen molar-refractivity contribution in [1.82, 2.24) is 4.90 Å². The Kier molecular flexibility index (Phi) is 5.83. The van der Waals surface area contributed by atoms with Crippen molar-refractivity contribution in [3.8, 4) is 0 Å². The second-order valence-corrected chi connectivity index (χ2v) is 5.69. The lowest BCUT2D eigenvalue weighted by molar-refractivity contribution is -0.135. The van der Waals surface area contributed by atoms with Crippen molar-refractivity contribution in [2.75, 3.05) is 13.7 Å². The van der Waals surface area contributed by atoms with E-state index < -0.39 is 0 Å². The van der Waals surface area contributed by atoms with Crippen molar-refractivity contribution in [3.63, 3.8) is 0 Å². The van der Waals surface area contributed by atoms with Crippen molar-refractivity contribution >= 4 is 17.5 Å². The Morgan fingerprint density at radius 2 is 1.79 bits per heavy atom. The van der Waals surface area contributed by atoms with Crippen LogP contribution in [-0.2, 0) is 4.79 Å². The van der Waals surface area contributed by atoms with Crippen molar-refractivity contribution in [1.29, 1.82) is 0 Å². The van der Waals surface area contributed by atoms with E-state index in [2.05, 4.69) is 0 Å². The summed E-state index contributed by atoms with van der Waals surface area (Å²) in [6.07, 6.45) is 0. The second kappa shape index (κ2) is 6.92. The number of likely N-dealkylation sites (N-methyl/N-ethyl adjacent to an activating group) is 1. The number of hydrogen-bond acceptors (Lipinski definition) is 2. The highest BCUT2D eigenvalue weighted by Crippen LogP contribution is 2.28. The van der Waals surface area contributed by atoms with Gasteiger partial charge in [-0.1, -0.05) is 37.6 Å². The lowest BCUT2D eigenvalue weighted by Crippen LogP contribution is -2.41. The topological polar surface area (TPSA) is 40.5 Å². The number of rotatable bonds is 5. The molecular formula is C15H22ClNO2. The van der Waals surface area contributed by atoms with Gasteiger partial charge < -0.3 is 10.0 Å². The molecule has 2 unspecified atom stereocenters. The summed E-state index contributed by atoms with van der Waals surface area (Å²) in [5, 5.41) is 9.83. The zero-order valence-corrected chi connectivity index (χ0v) is 12.7. The van der Waals surface area contributed by atoms with E-state index in [1.165, 1.54) is 0 Å².